The van der Waals surface area contributed by atoms with Crippen molar-refractivity contribution in [2.45, 2.75) is 0 Å². The number of amides is 2. The molecule has 0 radical (unpaired) electrons. The fraction of sp³-hybridized carbons (Fsp3) is 0.160. The molecule has 1 N–H and O–H groups in total. The summed E-state index contributed by atoms with van der Waals surface area (Å²) in [6.07, 6.45) is 3.10. The molecule has 2 amide bonds. The summed E-state index contributed by atoms with van der Waals surface area (Å²) in [5, 5.41) is 2.69. The number of halogens is 2. The number of carbonyl (C=O) groups excluding carboxylic acids is 2. The fourth-order valence-electron chi connectivity index (χ4n) is 3.40. The molecular weight excluding hydrogens is 475 g/mol. The molecule has 180 valence electrons. The molecule has 0 fully saturated rings. The second-order valence-electron chi connectivity index (χ2n) is 7.53. The summed E-state index contributed by atoms with van der Waals surface area (Å²) in [6, 6.07) is 16.7. The molecule has 2 aromatic carbocycles. The largest absolute Gasteiger partial charge is 0.459 e. The molecular formula is C25H22ClFN4O4. The van der Waals surface area contributed by atoms with E-state index in [0.717, 1.165) is 5.56 Å². The molecule has 2 heterocycles. The Morgan fingerprint density at radius 2 is 1.97 bits per heavy atom. The van der Waals surface area contributed by atoms with E-state index >= 15 is 0 Å². The number of aromatic nitrogens is 2. The van der Waals surface area contributed by atoms with Crippen molar-refractivity contribution >= 4 is 29.4 Å². The van der Waals surface area contributed by atoms with E-state index in [0.29, 0.717) is 11.4 Å². The molecule has 0 aliphatic heterocycles. The molecule has 2 aromatic heterocycles. The molecule has 0 unspecified atom stereocenters. The monoisotopic (exact) mass is 496 g/mol. The van der Waals surface area contributed by atoms with Crippen LogP contribution in [-0.2, 0) is 9.53 Å². The maximum absolute atomic E-state index is 13.8. The first kappa shape index (κ1) is 24.2. The smallest absolute Gasteiger partial charge is 0.290 e. The van der Waals surface area contributed by atoms with Crippen molar-refractivity contribution < 1.29 is 23.1 Å². The number of imidazole rings is 1. The molecule has 10 heteroatoms. The van der Waals surface area contributed by atoms with Gasteiger partial charge in [-0.3, -0.25) is 19.5 Å². The Bertz CT molecular complexity index is 1310. The van der Waals surface area contributed by atoms with Crippen LogP contribution in [0.4, 0.5) is 10.3 Å². The van der Waals surface area contributed by atoms with Gasteiger partial charge in [0, 0.05) is 25.4 Å². The summed E-state index contributed by atoms with van der Waals surface area (Å²) in [4.78, 5) is 31.6. The number of rotatable bonds is 9. The van der Waals surface area contributed by atoms with Crippen LogP contribution >= 0.6 is 11.6 Å². The van der Waals surface area contributed by atoms with E-state index in [2.05, 4.69) is 10.3 Å². The Morgan fingerprint density at radius 1 is 1.17 bits per heavy atom. The molecule has 0 saturated heterocycles. The second-order valence-corrected chi connectivity index (χ2v) is 7.94. The van der Waals surface area contributed by atoms with Crippen LogP contribution in [0.25, 0.3) is 16.9 Å². The molecule has 4 aromatic rings. The van der Waals surface area contributed by atoms with Crippen molar-refractivity contribution in [1.29, 1.82) is 0 Å². The van der Waals surface area contributed by atoms with Crippen molar-refractivity contribution in [2.75, 3.05) is 32.1 Å². The van der Waals surface area contributed by atoms with Crippen LogP contribution in [0.15, 0.2) is 77.5 Å². The lowest BCUT2D eigenvalue weighted by atomic mass is 10.2. The molecule has 0 aliphatic carbocycles. The Hall–Kier alpha value is -3.95. The minimum Gasteiger partial charge on any atom is -0.459 e. The van der Waals surface area contributed by atoms with Crippen LogP contribution in [0.5, 0.6) is 0 Å². The number of nitrogens with one attached hydrogen (secondary N) is 1. The number of anilines is 1. The minimum atomic E-state index is -0.561. The van der Waals surface area contributed by atoms with Gasteiger partial charge >= 0.3 is 0 Å². The molecule has 0 saturated carbocycles. The van der Waals surface area contributed by atoms with Crippen molar-refractivity contribution in [3.05, 3.63) is 89.7 Å². The highest BCUT2D eigenvalue weighted by Gasteiger charge is 2.22. The Balaban J connectivity index is 1.62. The van der Waals surface area contributed by atoms with Crippen LogP contribution in [0.2, 0.25) is 5.02 Å². The van der Waals surface area contributed by atoms with Gasteiger partial charge in [0.2, 0.25) is 11.9 Å². The van der Waals surface area contributed by atoms with E-state index < -0.39 is 17.6 Å². The molecule has 4 rings (SSSR count). The van der Waals surface area contributed by atoms with Gasteiger partial charge < -0.3 is 14.1 Å². The van der Waals surface area contributed by atoms with Crippen molar-refractivity contribution in [3.8, 4) is 16.9 Å². The number of benzene rings is 2. The van der Waals surface area contributed by atoms with E-state index in [1.807, 2.05) is 30.3 Å². The first-order valence-corrected chi connectivity index (χ1v) is 11.1. The van der Waals surface area contributed by atoms with Crippen LogP contribution < -0.4 is 5.32 Å². The molecule has 35 heavy (non-hydrogen) atoms. The van der Waals surface area contributed by atoms with Gasteiger partial charge in [-0.1, -0.05) is 41.9 Å². The van der Waals surface area contributed by atoms with Crippen LogP contribution in [0, 0.1) is 5.82 Å². The number of methoxy groups -OCH3 is 1. The predicted octanol–water partition coefficient (Wildman–Crippen LogP) is 4.65. The summed E-state index contributed by atoms with van der Waals surface area (Å²) >= 11 is 5.99. The van der Waals surface area contributed by atoms with Gasteiger partial charge in [0.05, 0.1) is 29.3 Å². The van der Waals surface area contributed by atoms with E-state index in [4.69, 9.17) is 20.8 Å². The standard InChI is InChI=1S/C25H22ClFN4O4/c1-34-13-11-30(24(33)22-8-5-12-35-22)16-23(32)29-25-28-21(17-6-3-2-4-7-17)15-31(25)18-9-10-20(27)19(26)14-18/h2-10,12,14-15H,11,13,16H2,1H3,(H,28,29,32). The van der Waals surface area contributed by atoms with Crippen LogP contribution in [0.3, 0.4) is 0 Å². The maximum atomic E-state index is 13.8. The predicted molar refractivity (Wildman–Crippen MR) is 129 cm³/mol. The van der Waals surface area contributed by atoms with Gasteiger partial charge in [0.25, 0.3) is 5.91 Å². The Labute approximate surface area is 205 Å². The zero-order valence-electron chi connectivity index (χ0n) is 18.8. The van der Waals surface area contributed by atoms with Gasteiger partial charge in [0.15, 0.2) is 5.76 Å². The topological polar surface area (TPSA) is 89.6 Å². The summed E-state index contributed by atoms with van der Waals surface area (Å²) in [5.74, 6) is -1.19. The van der Waals surface area contributed by atoms with Crippen LogP contribution in [0.1, 0.15) is 10.6 Å². The third-order valence-electron chi connectivity index (χ3n) is 5.13. The quantitative estimate of drug-likeness (QED) is 0.364. The zero-order chi connectivity index (χ0) is 24.8. The number of ether oxygens (including phenoxy) is 1. The molecule has 0 bridgehead atoms. The van der Waals surface area contributed by atoms with Gasteiger partial charge in [-0.15, -0.1) is 0 Å². The van der Waals surface area contributed by atoms with E-state index in [1.165, 1.54) is 42.5 Å². The van der Waals surface area contributed by atoms with E-state index in [1.54, 1.807) is 16.8 Å². The number of carbonyl (C=O) groups is 2. The third-order valence-corrected chi connectivity index (χ3v) is 5.42. The van der Waals surface area contributed by atoms with Gasteiger partial charge in [-0.05, 0) is 30.3 Å². The van der Waals surface area contributed by atoms with Crippen LogP contribution in [-0.4, -0.2) is 53.1 Å². The highest BCUT2D eigenvalue weighted by Crippen LogP contribution is 2.26. The lowest BCUT2D eigenvalue weighted by Gasteiger charge is -2.20. The maximum Gasteiger partial charge on any atom is 0.290 e. The second kappa shape index (κ2) is 11.0. The average molecular weight is 497 g/mol. The van der Waals surface area contributed by atoms with Gasteiger partial charge in [-0.25, -0.2) is 9.37 Å². The Morgan fingerprint density at radius 3 is 2.66 bits per heavy atom. The third kappa shape index (κ3) is 5.76. The van der Waals surface area contributed by atoms with Gasteiger partial charge in [-0.2, -0.15) is 0 Å². The summed E-state index contributed by atoms with van der Waals surface area (Å²) < 4.78 is 25.6. The number of hydrogen-bond donors (Lipinski definition) is 1. The number of nitrogens with zero attached hydrogens (tertiary/aromatic N) is 3. The number of hydrogen-bond acceptors (Lipinski definition) is 5. The first-order valence-electron chi connectivity index (χ1n) is 10.7. The van der Waals surface area contributed by atoms with Gasteiger partial charge in [0.1, 0.15) is 12.4 Å². The number of furan rings is 1. The summed E-state index contributed by atoms with van der Waals surface area (Å²) in [6.45, 7) is 0.155. The van der Waals surface area contributed by atoms with Crippen molar-refractivity contribution in [1.82, 2.24) is 14.5 Å². The molecule has 0 spiro atoms. The summed E-state index contributed by atoms with van der Waals surface area (Å²) in [5.41, 5.74) is 1.92. The van der Waals surface area contributed by atoms with E-state index in [-0.39, 0.29) is 36.4 Å². The summed E-state index contributed by atoms with van der Waals surface area (Å²) in [7, 11) is 1.51. The lowest BCUT2D eigenvalue weighted by Crippen LogP contribution is -2.40. The molecule has 0 aliphatic rings. The highest BCUT2D eigenvalue weighted by molar-refractivity contribution is 6.30. The molecule has 8 nitrogen and oxygen atoms in total. The van der Waals surface area contributed by atoms with Crippen molar-refractivity contribution in [3.63, 3.8) is 0 Å². The average Bonchev–Trinajstić information content (AvgIpc) is 3.54. The highest BCUT2D eigenvalue weighted by atomic mass is 35.5. The van der Waals surface area contributed by atoms with E-state index in [9.17, 15) is 14.0 Å². The first-order chi connectivity index (χ1) is 17.0. The SMILES string of the molecule is COCCN(CC(=O)Nc1nc(-c2ccccc2)cn1-c1ccc(F)c(Cl)c1)C(=O)c1ccco1. The molecule has 0 atom stereocenters. The minimum absolute atomic E-state index is 0.0653. The fourth-order valence-corrected chi connectivity index (χ4v) is 3.57. The zero-order valence-corrected chi connectivity index (χ0v) is 19.5. The van der Waals surface area contributed by atoms with Crippen molar-refractivity contribution in [2.24, 2.45) is 0 Å². The Kier molecular flexibility index (Phi) is 7.59. The normalized spacial score (nSPS) is 10.8. The lowest BCUT2D eigenvalue weighted by molar-refractivity contribution is -0.117.